The first-order chi connectivity index (χ1) is 10.2. The quantitative estimate of drug-likeness (QED) is 0.832. The lowest BCUT2D eigenvalue weighted by Gasteiger charge is -2.22. The Labute approximate surface area is 130 Å². The van der Waals surface area contributed by atoms with E-state index in [4.69, 9.17) is 0 Å². The minimum atomic E-state index is -3.53. The highest BCUT2D eigenvalue weighted by atomic mass is 32.2. The molecule has 0 saturated heterocycles. The molecule has 0 saturated carbocycles. The van der Waals surface area contributed by atoms with Gasteiger partial charge in [-0.15, -0.1) is 0 Å². The molecule has 0 aliphatic heterocycles. The van der Waals surface area contributed by atoms with Gasteiger partial charge in [0, 0.05) is 25.4 Å². The number of hydrogen-bond donors (Lipinski definition) is 2. The van der Waals surface area contributed by atoms with E-state index in [2.05, 4.69) is 9.82 Å². The number of benzene rings is 1. The average molecular weight is 323 g/mol. The second-order valence-corrected chi connectivity index (χ2v) is 7.49. The van der Waals surface area contributed by atoms with Gasteiger partial charge in [-0.2, -0.15) is 5.10 Å². The SMILES string of the molecule is Cc1ccccc1CS(=O)(=O)NC[C@](C)(O)c1cnn(C)c1. The monoisotopic (exact) mass is 323 g/mol. The minimum Gasteiger partial charge on any atom is -0.384 e. The highest BCUT2D eigenvalue weighted by molar-refractivity contribution is 7.88. The molecule has 6 nitrogen and oxygen atoms in total. The Hall–Kier alpha value is -1.70. The van der Waals surface area contributed by atoms with Crippen LogP contribution in [0.25, 0.3) is 0 Å². The van der Waals surface area contributed by atoms with Crippen molar-refractivity contribution in [2.45, 2.75) is 25.2 Å². The predicted octanol–water partition coefficient (Wildman–Crippen LogP) is 1.06. The normalized spacial score (nSPS) is 14.7. The number of aromatic nitrogens is 2. The van der Waals surface area contributed by atoms with E-state index in [-0.39, 0.29) is 12.3 Å². The van der Waals surface area contributed by atoms with E-state index in [0.29, 0.717) is 5.56 Å². The second-order valence-electron chi connectivity index (χ2n) is 5.68. The van der Waals surface area contributed by atoms with Crippen molar-refractivity contribution < 1.29 is 13.5 Å². The summed E-state index contributed by atoms with van der Waals surface area (Å²) in [5.41, 5.74) is 0.920. The zero-order chi connectivity index (χ0) is 16.4. The third kappa shape index (κ3) is 4.16. The highest BCUT2D eigenvalue weighted by Crippen LogP contribution is 2.19. The van der Waals surface area contributed by atoms with Crippen molar-refractivity contribution in [3.63, 3.8) is 0 Å². The van der Waals surface area contributed by atoms with Crippen LogP contribution in [0, 0.1) is 6.92 Å². The predicted molar refractivity (Wildman–Crippen MR) is 84.6 cm³/mol. The molecule has 2 aromatic rings. The van der Waals surface area contributed by atoms with Crippen molar-refractivity contribution in [1.29, 1.82) is 0 Å². The van der Waals surface area contributed by atoms with Crippen molar-refractivity contribution in [3.05, 3.63) is 53.3 Å². The van der Waals surface area contributed by atoms with Crippen LogP contribution in [0.15, 0.2) is 36.7 Å². The first-order valence-electron chi connectivity index (χ1n) is 6.93. The van der Waals surface area contributed by atoms with Gasteiger partial charge in [-0.05, 0) is 25.0 Å². The number of nitrogens with one attached hydrogen (secondary N) is 1. The number of hydrogen-bond acceptors (Lipinski definition) is 4. The number of sulfonamides is 1. The molecule has 0 amide bonds. The van der Waals surface area contributed by atoms with E-state index in [0.717, 1.165) is 11.1 Å². The molecule has 0 aliphatic carbocycles. The van der Waals surface area contributed by atoms with E-state index in [1.807, 2.05) is 25.1 Å². The molecule has 0 spiro atoms. The second kappa shape index (κ2) is 6.20. The fraction of sp³-hybridized carbons (Fsp3) is 0.400. The van der Waals surface area contributed by atoms with Crippen LogP contribution in [-0.2, 0) is 28.4 Å². The molecule has 2 N–H and O–H groups in total. The summed E-state index contributed by atoms with van der Waals surface area (Å²) in [5.74, 6) is -0.108. The largest absolute Gasteiger partial charge is 0.384 e. The Bertz CT molecular complexity index is 751. The molecule has 0 unspecified atom stereocenters. The van der Waals surface area contributed by atoms with Gasteiger partial charge in [0.15, 0.2) is 0 Å². The molecule has 0 aliphatic rings. The van der Waals surface area contributed by atoms with Crippen LogP contribution < -0.4 is 4.72 Å². The van der Waals surface area contributed by atoms with Crippen LogP contribution in [0.2, 0.25) is 0 Å². The molecular formula is C15H21N3O3S. The summed E-state index contributed by atoms with van der Waals surface area (Å²) in [4.78, 5) is 0. The zero-order valence-corrected chi connectivity index (χ0v) is 13.8. The summed E-state index contributed by atoms with van der Waals surface area (Å²) in [6, 6.07) is 7.33. The summed E-state index contributed by atoms with van der Waals surface area (Å²) in [7, 11) is -1.79. The van der Waals surface area contributed by atoms with Gasteiger partial charge in [0.2, 0.25) is 10.0 Å². The molecule has 1 aromatic carbocycles. The number of aliphatic hydroxyl groups is 1. The molecule has 1 atom stereocenters. The zero-order valence-electron chi connectivity index (χ0n) is 12.9. The van der Waals surface area contributed by atoms with E-state index >= 15 is 0 Å². The Morgan fingerprint density at radius 3 is 2.64 bits per heavy atom. The lowest BCUT2D eigenvalue weighted by Crippen LogP contribution is -2.39. The summed E-state index contributed by atoms with van der Waals surface area (Å²) < 4.78 is 28.4. The maximum absolute atomic E-state index is 12.2. The van der Waals surface area contributed by atoms with Crippen molar-refractivity contribution in [2.75, 3.05) is 6.54 Å². The maximum Gasteiger partial charge on any atom is 0.215 e. The van der Waals surface area contributed by atoms with E-state index in [9.17, 15) is 13.5 Å². The van der Waals surface area contributed by atoms with Gasteiger partial charge < -0.3 is 5.11 Å². The number of rotatable bonds is 6. The molecule has 1 heterocycles. The fourth-order valence-electron chi connectivity index (χ4n) is 2.08. The molecule has 0 radical (unpaired) electrons. The van der Waals surface area contributed by atoms with Gasteiger partial charge >= 0.3 is 0 Å². The highest BCUT2D eigenvalue weighted by Gasteiger charge is 2.27. The van der Waals surface area contributed by atoms with Crippen LogP contribution in [0.3, 0.4) is 0 Å². The fourth-order valence-corrected chi connectivity index (χ4v) is 3.42. The lowest BCUT2D eigenvalue weighted by atomic mass is 10.0. The molecule has 2 rings (SSSR count). The van der Waals surface area contributed by atoms with Gasteiger partial charge in [0.25, 0.3) is 0 Å². The molecule has 0 fully saturated rings. The average Bonchev–Trinajstić information content (AvgIpc) is 2.87. The van der Waals surface area contributed by atoms with E-state index in [1.54, 1.807) is 30.9 Å². The molecule has 7 heteroatoms. The lowest BCUT2D eigenvalue weighted by molar-refractivity contribution is 0.0626. The maximum atomic E-state index is 12.2. The molecule has 22 heavy (non-hydrogen) atoms. The van der Waals surface area contributed by atoms with Gasteiger partial charge in [0.1, 0.15) is 5.60 Å². The molecule has 120 valence electrons. The van der Waals surface area contributed by atoms with Crippen molar-refractivity contribution in [3.8, 4) is 0 Å². The molecular weight excluding hydrogens is 302 g/mol. The van der Waals surface area contributed by atoms with Crippen LogP contribution in [0.1, 0.15) is 23.6 Å². The minimum absolute atomic E-state index is 0.104. The first-order valence-corrected chi connectivity index (χ1v) is 8.58. The molecule has 1 aromatic heterocycles. The summed E-state index contributed by atoms with van der Waals surface area (Å²) >= 11 is 0. The first kappa shape index (κ1) is 16.7. The Morgan fingerprint density at radius 1 is 1.36 bits per heavy atom. The van der Waals surface area contributed by atoms with Gasteiger partial charge in [0.05, 0.1) is 11.9 Å². The number of nitrogens with zero attached hydrogens (tertiary/aromatic N) is 2. The summed E-state index contributed by atoms with van der Waals surface area (Å²) in [6.07, 6.45) is 3.19. The van der Waals surface area contributed by atoms with Crippen molar-refractivity contribution in [2.24, 2.45) is 7.05 Å². The third-order valence-electron chi connectivity index (χ3n) is 3.57. The smallest absolute Gasteiger partial charge is 0.215 e. The Morgan fingerprint density at radius 2 is 2.05 bits per heavy atom. The van der Waals surface area contributed by atoms with Crippen molar-refractivity contribution in [1.82, 2.24) is 14.5 Å². The summed E-state index contributed by atoms with van der Waals surface area (Å²) in [5, 5.41) is 14.4. The van der Waals surface area contributed by atoms with E-state index in [1.165, 1.54) is 6.20 Å². The van der Waals surface area contributed by atoms with Crippen LogP contribution in [0.5, 0.6) is 0 Å². The number of aryl methyl sites for hydroxylation is 2. The summed E-state index contributed by atoms with van der Waals surface area (Å²) in [6.45, 7) is 3.32. The van der Waals surface area contributed by atoms with Crippen molar-refractivity contribution >= 4 is 10.0 Å². The standard InChI is InChI=1S/C15H21N3O3S/c1-12-6-4-5-7-13(12)10-22(20,21)17-11-15(2,19)14-8-16-18(3)9-14/h4-9,17,19H,10-11H2,1-3H3/t15-/m0/s1. The molecule has 0 bridgehead atoms. The topological polar surface area (TPSA) is 84.2 Å². The van der Waals surface area contributed by atoms with Gasteiger partial charge in [-0.1, -0.05) is 24.3 Å². The Balaban J connectivity index is 2.05. The van der Waals surface area contributed by atoms with Gasteiger partial charge in [-0.3, -0.25) is 4.68 Å². The van der Waals surface area contributed by atoms with Crippen LogP contribution in [-0.4, -0.2) is 29.8 Å². The van der Waals surface area contributed by atoms with Crippen LogP contribution >= 0.6 is 0 Å². The van der Waals surface area contributed by atoms with E-state index < -0.39 is 15.6 Å². The third-order valence-corrected chi connectivity index (χ3v) is 4.85. The van der Waals surface area contributed by atoms with Gasteiger partial charge in [-0.25, -0.2) is 13.1 Å². The Kier molecular flexibility index (Phi) is 4.69. The van der Waals surface area contributed by atoms with Crippen LogP contribution in [0.4, 0.5) is 0 Å².